The van der Waals surface area contributed by atoms with E-state index in [-0.39, 0.29) is 21.1 Å². The fourth-order valence-corrected chi connectivity index (χ4v) is 5.17. The number of nitrogens with zero attached hydrogens (tertiary/aromatic N) is 2. The molecule has 5 aromatic carbocycles. The molecular weight excluding hydrogens is 663 g/mol. The molecule has 0 unspecified atom stereocenters. The third-order valence-electron chi connectivity index (χ3n) is 6.97. The monoisotopic (exact) mass is 681 g/mol. The Hall–Kier alpha value is -4.53. The van der Waals surface area contributed by atoms with Gasteiger partial charge in [0.25, 0.3) is 0 Å². The third kappa shape index (κ3) is 3.96. The Bertz CT molecular complexity index is 2180. The molecule has 8 aromatic rings. The van der Waals surface area contributed by atoms with Gasteiger partial charge in [0.05, 0.1) is 6.20 Å². The third-order valence-corrected chi connectivity index (χ3v) is 6.97. The van der Waals surface area contributed by atoms with Crippen molar-refractivity contribution < 1.29 is 30.2 Å². The second-order valence-electron chi connectivity index (χ2n) is 9.29. The Balaban J connectivity index is 0.00000253. The molecular formula is C34H18N2O2Pt. The molecule has 8 rings (SSSR count). The van der Waals surface area contributed by atoms with Gasteiger partial charge >= 0.3 is 21.1 Å². The van der Waals surface area contributed by atoms with Crippen molar-refractivity contribution in [2.75, 3.05) is 0 Å². The topological polar surface area (TPSA) is 48.2 Å². The van der Waals surface area contributed by atoms with Gasteiger partial charge in [-0.3, -0.25) is 0 Å². The zero-order chi connectivity index (χ0) is 25.1. The molecule has 186 valence electrons. The van der Waals surface area contributed by atoms with Crippen LogP contribution in [0, 0.1) is 12.1 Å². The summed E-state index contributed by atoms with van der Waals surface area (Å²) in [5, 5.41) is 7.37. The first kappa shape index (κ1) is 23.6. The standard InChI is InChI=1S/C34H18N2O2.Pt/c1-2-7-24-19-35-30(17-22(24)6-1)23-8-5-9-25(16-23)37-26-14-12-21-13-15-28-33-27-10-3-4-11-31(27)38-32(33)20-36-34(28)29(21)18-26;/h1-15,17,19-20H;/q-2;+2. The normalized spacial score (nSPS) is 11.4. The molecule has 0 saturated heterocycles. The van der Waals surface area contributed by atoms with Gasteiger partial charge in [-0.15, -0.1) is 46.7 Å². The number of benzene rings is 5. The summed E-state index contributed by atoms with van der Waals surface area (Å²) in [5.74, 6) is 1.20. The van der Waals surface area contributed by atoms with Crippen LogP contribution in [0.2, 0.25) is 0 Å². The fraction of sp³-hybridized carbons (Fsp3) is 0. The molecule has 3 aromatic heterocycles. The summed E-state index contributed by atoms with van der Waals surface area (Å²) in [6.45, 7) is 0. The summed E-state index contributed by atoms with van der Waals surface area (Å²) in [4.78, 5) is 9.39. The Morgan fingerprint density at radius 2 is 1.44 bits per heavy atom. The van der Waals surface area contributed by atoms with Gasteiger partial charge in [-0.05, 0) is 33.4 Å². The largest absolute Gasteiger partial charge is 2.00 e. The van der Waals surface area contributed by atoms with Gasteiger partial charge in [-0.25, -0.2) is 0 Å². The van der Waals surface area contributed by atoms with Crippen LogP contribution in [0.4, 0.5) is 0 Å². The van der Waals surface area contributed by atoms with Crippen LogP contribution in [-0.4, -0.2) is 9.97 Å². The maximum absolute atomic E-state index is 6.24. The van der Waals surface area contributed by atoms with E-state index < -0.39 is 0 Å². The van der Waals surface area contributed by atoms with Crippen LogP contribution in [0.3, 0.4) is 0 Å². The first-order valence-corrected chi connectivity index (χ1v) is 12.4. The molecule has 0 aliphatic rings. The Labute approximate surface area is 238 Å². The van der Waals surface area contributed by atoms with Gasteiger partial charge < -0.3 is 19.1 Å². The fourth-order valence-electron chi connectivity index (χ4n) is 5.17. The number of furan rings is 1. The zero-order valence-electron chi connectivity index (χ0n) is 20.4. The van der Waals surface area contributed by atoms with E-state index in [1.165, 1.54) is 0 Å². The molecule has 4 nitrogen and oxygen atoms in total. The van der Waals surface area contributed by atoms with E-state index in [1.54, 1.807) is 6.20 Å². The van der Waals surface area contributed by atoms with Gasteiger partial charge in [-0.1, -0.05) is 72.8 Å². The molecule has 0 radical (unpaired) electrons. The van der Waals surface area contributed by atoms with Crippen LogP contribution in [0.15, 0.2) is 114 Å². The molecule has 0 amide bonds. The first-order chi connectivity index (χ1) is 18.8. The number of hydrogen-bond acceptors (Lipinski definition) is 4. The van der Waals surface area contributed by atoms with E-state index >= 15 is 0 Å². The predicted octanol–water partition coefficient (Wildman–Crippen LogP) is 8.89. The molecule has 5 heteroatoms. The van der Waals surface area contributed by atoms with Crippen LogP contribution in [0.1, 0.15) is 0 Å². The summed E-state index contributed by atoms with van der Waals surface area (Å²) >= 11 is 0. The van der Waals surface area contributed by atoms with E-state index in [0.717, 1.165) is 65.6 Å². The van der Waals surface area contributed by atoms with Gasteiger partial charge in [0.2, 0.25) is 0 Å². The van der Waals surface area contributed by atoms with Crippen LogP contribution < -0.4 is 4.74 Å². The van der Waals surface area contributed by atoms with Gasteiger partial charge in [-0.2, -0.15) is 0 Å². The molecule has 0 spiro atoms. The van der Waals surface area contributed by atoms with Crippen molar-refractivity contribution in [1.29, 1.82) is 0 Å². The number of ether oxygens (including phenoxy) is 1. The van der Waals surface area contributed by atoms with E-state index in [4.69, 9.17) is 14.1 Å². The Morgan fingerprint density at radius 3 is 2.38 bits per heavy atom. The van der Waals surface area contributed by atoms with E-state index in [0.29, 0.717) is 11.5 Å². The molecule has 39 heavy (non-hydrogen) atoms. The number of fused-ring (bicyclic) bond motifs is 8. The molecule has 0 fully saturated rings. The maximum Gasteiger partial charge on any atom is 2.00 e. The maximum atomic E-state index is 6.24. The Morgan fingerprint density at radius 1 is 0.615 bits per heavy atom. The molecule has 3 heterocycles. The van der Waals surface area contributed by atoms with Crippen molar-refractivity contribution in [1.82, 2.24) is 9.97 Å². The van der Waals surface area contributed by atoms with E-state index in [9.17, 15) is 0 Å². The smallest absolute Gasteiger partial charge is 0.497 e. The second-order valence-corrected chi connectivity index (χ2v) is 9.29. The van der Waals surface area contributed by atoms with Crippen LogP contribution in [0.5, 0.6) is 11.5 Å². The molecule has 0 aliphatic heterocycles. The van der Waals surface area contributed by atoms with Gasteiger partial charge in [0.15, 0.2) is 5.58 Å². The minimum atomic E-state index is 0. The van der Waals surface area contributed by atoms with Crippen molar-refractivity contribution in [3.63, 3.8) is 0 Å². The van der Waals surface area contributed by atoms with Crippen molar-refractivity contribution in [3.8, 4) is 22.8 Å². The number of hydrogen-bond donors (Lipinski definition) is 0. The SMILES string of the molecule is [Pt+2].[c-]1c(Oc2[c-]c3c(cc2)ccc2c3ncc3oc4ccccc4c32)cccc1-c1cc2ccccc2cn1. The zero-order valence-corrected chi connectivity index (χ0v) is 22.7. The van der Waals surface area contributed by atoms with Crippen molar-refractivity contribution in [3.05, 3.63) is 122 Å². The van der Waals surface area contributed by atoms with Crippen LogP contribution >= 0.6 is 0 Å². The number of pyridine rings is 2. The van der Waals surface area contributed by atoms with E-state index in [1.807, 2.05) is 66.9 Å². The van der Waals surface area contributed by atoms with Crippen molar-refractivity contribution >= 4 is 54.4 Å². The average Bonchev–Trinajstić information content (AvgIpc) is 3.36. The summed E-state index contributed by atoms with van der Waals surface area (Å²) in [7, 11) is 0. The number of para-hydroxylation sites is 1. The summed E-state index contributed by atoms with van der Waals surface area (Å²) in [6.07, 6.45) is 3.69. The average molecular weight is 682 g/mol. The molecule has 0 saturated carbocycles. The first-order valence-electron chi connectivity index (χ1n) is 12.4. The molecule has 0 bridgehead atoms. The summed E-state index contributed by atoms with van der Waals surface area (Å²) in [6, 6.07) is 39.2. The quantitative estimate of drug-likeness (QED) is 0.138. The van der Waals surface area contributed by atoms with Crippen LogP contribution in [-0.2, 0) is 21.1 Å². The summed E-state index contributed by atoms with van der Waals surface area (Å²) in [5.41, 5.74) is 4.22. The molecule has 0 N–H and O–H groups in total. The Kier molecular flexibility index (Phi) is 5.64. The molecule has 0 aliphatic carbocycles. The van der Waals surface area contributed by atoms with Gasteiger partial charge in [0.1, 0.15) is 5.58 Å². The molecule has 0 atom stereocenters. The van der Waals surface area contributed by atoms with Crippen LogP contribution in [0.25, 0.3) is 65.6 Å². The second kappa shape index (κ2) is 9.34. The van der Waals surface area contributed by atoms with Crippen molar-refractivity contribution in [2.24, 2.45) is 0 Å². The number of rotatable bonds is 3. The predicted molar refractivity (Wildman–Crippen MR) is 151 cm³/mol. The number of aromatic nitrogens is 2. The summed E-state index contributed by atoms with van der Waals surface area (Å²) < 4.78 is 12.3. The minimum Gasteiger partial charge on any atom is -0.497 e. The van der Waals surface area contributed by atoms with Crippen molar-refractivity contribution in [2.45, 2.75) is 0 Å². The van der Waals surface area contributed by atoms with Gasteiger partial charge in [0, 0.05) is 28.5 Å². The minimum absolute atomic E-state index is 0. The van der Waals surface area contributed by atoms with E-state index in [2.05, 4.69) is 53.5 Å².